The van der Waals surface area contributed by atoms with Gasteiger partial charge in [0.15, 0.2) is 11.5 Å². The molecule has 5 nitrogen and oxygen atoms in total. The number of unbranched alkanes of at least 4 members (excludes halogenated alkanes) is 4. The number of amides is 1. The van der Waals surface area contributed by atoms with E-state index in [1.54, 1.807) is 6.07 Å². The van der Waals surface area contributed by atoms with Gasteiger partial charge < -0.3 is 14.4 Å². The number of nitrogens with zero attached hydrogens (tertiary/aromatic N) is 4. The van der Waals surface area contributed by atoms with Crippen molar-refractivity contribution in [2.45, 2.75) is 78.4 Å². The first-order valence-electron chi connectivity index (χ1n) is 11.0. The quantitative estimate of drug-likeness (QED) is 0.399. The Bertz CT molecular complexity index is 896. The third kappa shape index (κ3) is 4.33. The molecule has 1 aliphatic rings. The number of carbonyl (C=O) groups is 1. The Morgan fingerprint density at radius 2 is 1.80 bits per heavy atom. The molecule has 0 N–H and O–H groups in total. The van der Waals surface area contributed by atoms with Crippen molar-refractivity contribution < 1.29 is 4.79 Å². The highest BCUT2D eigenvalue weighted by molar-refractivity contribution is 6.36. The monoisotopic (exact) mass is 450 g/mol. The molecule has 1 atom stereocenters. The molecule has 0 fully saturated rings. The molecule has 0 saturated heterocycles. The van der Waals surface area contributed by atoms with Crippen LogP contribution in [0.15, 0.2) is 18.2 Å². The molecule has 0 radical (unpaired) electrons. The van der Waals surface area contributed by atoms with E-state index in [-0.39, 0.29) is 12.1 Å². The van der Waals surface area contributed by atoms with Crippen molar-refractivity contribution in [3.8, 4) is 0 Å². The van der Waals surface area contributed by atoms with Gasteiger partial charge in [0.2, 0.25) is 0 Å². The fourth-order valence-electron chi connectivity index (χ4n) is 4.27. The maximum atomic E-state index is 13.4. The summed E-state index contributed by atoms with van der Waals surface area (Å²) >= 11 is 12.7. The van der Waals surface area contributed by atoms with E-state index in [2.05, 4.69) is 30.2 Å². The third-order valence-corrected chi connectivity index (χ3v) is 6.40. The predicted octanol–water partition coefficient (Wildman–Crippen LogP) is 6.68. The second kappa shape index (κ2) is 10.1. The minimum absolute atomic E-state index is 0.0268. The van der Waals surface area contributed by atoms with E-state index in [9.17, 15) is 4.79 Å². The Morgan fingerprint density at radius 3 is 2.43 bits per heavy atom. The summed E-state index contributed by atoms with van der Waals surface area (Å²) in [7, 11) is 1.86. The second-order valence-electron chi connectivity index (χ2n) is 7.89. The van der Waals surface area contributed by atoms with Gasteiger partial charge in [-0.1, -0.05) is 69.7 Å². The fourth-order valence-corrected chi connectivity index (χ4v) is 4.77. The molecule has 164 valence electrons. The van der Waals surface area contributed by atoms with Crippen molar-refractivity contribution >= 4 is 40.6 Å². The summed E-state index contributed by atoms with van der Waals surface area (Å²) in [5.74, 6) is 1.68. The number of hydrogen-bond donors (Lipinski definition) is 0. The van der Waals surface area contributed by atoms with Gasteiger partial charge in [-0.05, 0) is 31.0 Å². The number of benzene rings is 1. The fraction of sp³-hybridized carbons (Fsp3) is 0.565. The van der Waals surface area contributed by atoms with Gasteiger partial charge in [-0.3, -0.25) is 4.79 Å². The predicted molar refractivity (Wildman–Crippen MR) is 125 cm³/mol. The van der Waals surface area contributed by atoms with E-state index in [1.807, 2.05) is 24.1 Å². The highest BCUT2D eigenvalue weighted by atomic mass is 35.5. The molecule has 1 aliphatic heterocycles. The van der Waals surface area contributed by atoms with E-state index in [0.29, 0.717) is 21.6 Å². The lowest BCUT2D eigenvalue weighted by atomic mass is 10.1. The molecule has 1 aromatic carbocycles. The summed E-state index contributed by atoms with van der Waals surface area (Å²) < 4.78 is 2.13. The molecule has 30 heavy (non-hydrogen) atoms. The molecule has 1 unspecified atom stereocenters. The molecule has 1 aromatic heterocycles. The van der Waals surface area contributed by atoms with Gasteiger partial charge in [0.25, 0.3) is 5.91 Å². The largest absolute Gasteiger partial charge is 0.322 e. The first-order valence-corrected chi connectivity index (χ1v) is 11.8. The minimum Gasteiger partial charge on any atom is -0.322 e. The summed E-state index contributed by atoms with van der Waals surface area (Å²) in [6.07, 6.45) is 7.30. The van der Waals surface area contributed by atoms with E-state index >= 15 is 0 Å². The molecular formula is C23H32Cl2N4O. The maximum Gasteiger partial charge on any atom is 0.275 e. The van der Waals surface area contributed by atoms with Crippen molar-refractivity contribution in [2.75, 3.05) is 11.9 Å². The lowest BCUT2D eigenvalue weighted by Crippen LogP contribution is -2.51. The van der Waals surface area contributed by atoms with Crippen LogP contribution in [0.1, 0.15) is 75.6 Å². The Kier molecular flexibility index (Phi) is 7.70. The van der Waals surface area contributed by atoms with Crippen LogP contribution < -0.4 is 4.90 Å². The number of aryl methyl sites for hydroxylation is 1. The molecule has 0 saturated carbocycles. The maximum absolute atomic E-state index is 13.4. The SMILES string of the molecule is CCCCCCCn1c(CC)nc2c1C(=O)N(C)C(CC)N2c1ccc(Cl)cc1Cl. The number of halogens is 2. The van der Waals surface area contributed by atoms with Crippen molar-refractivity contribution in [3.05, 3.63) is 39.8 Å². The first kappa shape index (κ1) is 23.0. The van der Waals surface area contributed by atoms with Crippen LogP contribution in [-0.4, -0.2) is 33.6 Å². The van der Waals surface area contributed by atoms with Gasteiger partial charge in [0.1, 0.15) is 12.0 Å². The zero-order chi connectivity index (χ0) is 21.8. The van der Waals surface area contributed by atoms with Gasteiger partial charge in [-0.2, -0.15) is 0 Å². The number of imidazole rings is 1. The number of anilines is 2. The second-order valence-corrected chi connectivity index (χ2v) is 8.73. The summed E-state index contributed by atoms with van der Waals surface area (Å²) in [6, 6.07) is 5.49. The van der Waals surface area contributed by atoms with Crippen LogP contribution >= 0.6 is 23.2 Å². The van der Waals surface area contributed by atoms with Gasteiger partial charge >= 0.3 is 0 Å². The van der Waals surface area contributed by atoms with E-state index < -0.39 is 0 Å². The van der Waals surface area contributed by atoms with Crippen LogP contribution in [0.4, 0.5) is 11.5 Å². The van der Waals surface area contributed by atoms with E-state index in [4.69, 9.17) is 28.2 Å². The minimum atomic E-state index is -0.152. The Hall–Kier alpha value is -1.72. The molecule has 0 spiro atoms. The molecule has 2 aromatic rings. The van der Waals surface area contributed by atoms with Gasteiger partial charge in [0.05, 0.1) is 10.7 Å². The van der Waals surface area contributed by atoms with Crippen molar-refractivity contribution in [1.82, 2.24) is 14.5 Å². The highest BCUT2D eigenvalue weighted by Crippen LogP contribution is 2.41. The molecule has 1 amide bonds. The van der Waals surface area contributed by atoms with Crippen molar-refractivity contribution in [1.29, 1.82) is 0 Å². The smallest absolute Gasteiger partial charge is 0.275 e. The van der Waals surface area contributed by atoms with Crippen LogP contribution in [0.2, 0.25) is 10.0 Å². The lowest BCUT2D eigenvalue weighted by molar-refractivity contribution is 0.0701. The van der Waals surface area contributed by atoms with Crippen LogP contribution in [0, 0.1) is 0 Å². The first-order chi connectivity index (χ1) is 14.4. The van der Waals surface area contributed by atoms with E-state index in [1.165, 1.54) is 19.3 Å². The van der Waals surface area contributed by atoms with Crippen LogP contribution in [0.3, 0.4) is 0 Å². The number of rotatable bonds is 9. The van der Waals surface area contributed by atoms with E-state index in [0.717, 1.165) is 43.7 Å². The zero-order valence-corrected chi connectivity index (χ0v) is 19.9. The van der Waals surface area contributed by atoms with Crippen molar-refractivity contribution in [3.63, 3.8) is 0 Å². The molecule has 7 heteroatoms. The van der Waals surface area contributed by atoms with Crippen LogP contribution in [0.25, 0.3) is 0 Å². The average Bonchev–Trinajstić information content (AvgIpc) is 3.09. The van der Waals surface area contributed by atoms with Crippen LogP contribution in [0.5, 0.6) is 0 Å². The highest BCUT2D eigenvalue weighted by Gasteiger charge is 2.40. The Balaban J connectivity index is 2.06. The zero-order valence-electron chi connectivity index (χ0n) is 18.4. The molecule has 2 heterocycles. The number of aromatic nitrogens is 2. The van der Waals surface area contributed by atoms with Crippen LogP contribution in [-0.2, 0) is 13.0 Å². The van der Waals surface area contributed by atoms with Gasteiger partial charge in [-0.15, -0.1) is 0 Å². The van der Waals surface area contributed by atoms with Gasteiger partial charge in [0, 0.05) is 25.0 Å². The van der Waals surface area contributed by atoms with Crippen molar-refractivity contribution in [2.24, 2.45) is 0 Å². The van der Waals surface area contributed by atoms with Gasteiger partial charge in [-0.25, -0.2) is 4.98 Å². The molecule has 0 aliphatic carbocycles. The molecule has 0 bridgehead atoms. The lowest BCUT2D eigenvalue weighted by Gasteiger charge is -2.42. The summed E-state index contributed by atoms with van der Waals surface area (Å²) in [4.78, 5) is 22.2. The topological polar surface area (TPSA) is 41.4 Å². The molecule has 3 rings (SSSR count). The number of carbonyl (C=O) groups excluding carboxylic acids is 1. The third-order valence-electron chi connectivity index (χ3n) is 5.86. The number of hydrogen-bond acceptors (Lipinski definition) is 3. The summed E-state index contributed by atoms with van der Waals surface area (Å²) in [5.41, 5.74) is 1.49. The Morgan fingerprint density at radius 1 is 1.07 bits per heavy atom. The standard InChI is InChI=1S/C23H32Cl2N4O/c1-5-8-9-10-11-14-28-19(6-2)26-22-21(28)23(30)27(4)20(7-3)29(22)18-13-12-16(24)15-17(18)25/h12-13,15,20H,5-11,14H2,1-4H3. The normalized spacial score (nSPS) is 16.3. The summed E-state index contributed by atoms with van der Waals surface area (Å²) in [6.45, 7) is 7.19. The summed E-state index contributed by atoms with van der Waals surface area (Å²) in [5, 5.41) is 1.15. The average molecular weight is 451 g/mol. The number of fused-ring (bicyclic) bond motifs is 1. The Labute approximate surface area is 190 Å². The molecular weight excluding hydrogens is 419 g/mol.